The van der Waals surface area contributed by atoms with Gasteiger partial charge in [0.2, 0.25) is 5.91 Å². The number of rotatable bonds is 3. The zero-order valence-electron chi connectivity index (χ0n) is 21.1. The summed E-state index contributed by atoms with van der Waals surface area (Å²) >= 11 is 0. The van der Waals surface area contributed by atoms with E-state index in [1.165, 1.54) is 17.5 Å². The Morgan fingerprint density at radius 2 is 1.56 bits per heavy atom. The lowest BCUT2D eigenvalue weighted by Gasteiger charge is -2.42. The summed E-state index contributed by atoms with van der Waals surface area (Å²) in [5.74, 6) is 0.425. The van der Waals surface area contributed by atoms with Crippen molar-refractivity contribution in [2.75, 3.05) is 25.0 Å². The molecule has 3 fully saturated rings. The predicted molar refractivity (Wildman–Crippen MR) is 142 cm³/mol. The van der Waals surface area contributed by atoms with E-state index in [-0.39, 0.29) is 36.0 Å². The highest BCUT2D eigenvalue weighted by Gasteiger charge is 2.48. The van der Waals surface area contributed by atoms with E-state index >= 15 is 0 Å². The van der Waals surface area contributed by atoms with Crippen molar-refractivity contribution in [2.24, 2.45) is 11.8 Å². The normalized spacial score (nSPS) is 29.6. The third-order valence-electron chi connectivity index (χ3n) is 8.94. The summed E-state index contributed by atoms with van der Waals surface area (Å²) in [4.78, 5) is 31.4. The van der Waals surface area contributed by atoms with Gasteiger partial charge in [0.05, 0.1) is 18.0 Å². The smallest absolute Gasteiger partial charge is 0.317 e. The van der Waals surface area contributed by atoms with Crippen LogP contribution in [0.15, 0.2) is 54.6 Å². The highest BCUT2D eigenvalue weighted by molar-refractivity contribution is 5.83. The second-order valence-corrected chi connectivity index (χ2v) is 11.0. The van der Waals surface area contributed by atoms with Gasteiger partial charge in [-0.2, -0.15) is 0 Å². The van der Waals surface area contributed by atoms with Crippen molar-refractivity contribution in [3.8, 4) is 0 Å². The fourth-order valence-corrected chi connectivity index (χ4v) is 7.12. The van der Waals surface area contributed by atoms with E-state index in [0.29, 0.717) is 5.92 Å². The van der Waals surface area contributed by atoms with Crippen molar-refractivity contribution in [1.29, 1.82) is 0 Å². The largest absolute Gasteiger partial charge is 0.378 e. The molecule has 36 heavy (non-hydrogen) atoms. The van der Waals surface area contributed by atoms with Crippen LogP contribution in [-0.4, -0.2) is 47.4 Å². The second kappa shape index (κ2) is 10.2. The highest BCUT2D eigenvalue weighted by Crippen LogP contribution is 2.51. The topological polar surface area (TPSA) is 64.7 Å². The molecule has 3 heterocycles. The molecule has 1 aliphatic carbocycles. The Morgan fingerprint density at radius 1 is 0.806 bits per heavy atom. The third-order valence-corrected chi connectivity index (χ3v) is 8.94. The first-order valence-electron chi connectivity index (χ1n) is 14.0. The van der Waals surface area contributed by atoms with Crippen LogP contribution in [0.25, 0.3) is 0 Å². The number of fused-ring (bicyclic) bond motifs is 3. The van der Waals surface area contributed by atoms with Gasteiger partial charge in [-0.3, -0.25) is 4.79 Å². The number of benzene rings is 2. The molecule has 0 spiro atoms. The van der Waals surface area contributed by atoms with E-state index in [2.05, 4.69) is 70.1 Å². The Kier molecular flexibility index (Phi) is 6.60. The number of hydrogen-bond donors (Lipinski definition) is 2. The molecule has 0 aromatic heterocycles. The monoisotopic (exact) mass is 486 g/mol. The van der Waals surface area contributed by atoms with Crippen molar-refractivity contribution in [1.82, 2.24) is 15.1 Å². The van der Waals surface area contributed by atoms with E-state index in [1.54, 1.807) is 0 Å². The Bertz CT molecular complexity index is 1080. The molecule has 2 saturated heterocycles. The van der Waals surface area contributed by atoms with Crippen molar-refractivity contribution < 1.29 is 9.59 Å². The first kappa shape index (κ1) is 23.4. The van der Waals surface area contributed by atoms with Gasteiger partial charge >= 0.3 is 6.03 Å². The third kappa shape index (κ3) is 4.35. The summed E-state index contributed by atoms with van der Waals surface area (Å²) in [6.07, 6.45) is 8.22. The van der Waals surface area contributed by atoms with Crippen LogP contribution in [0.3, 0.4) is 0 Å². The molecule has 2 aromatic rings. The van der Waals surface area contributed by atoms with Gasteiger partial charge in [-0.05, 0) is 55.7 Å². The maximum absolute atomic E-state index is 14.2. The maximum Gasteiger partial charge on any atom is 0.317 e. The molecule has 3 amide bonds. The number of nitrogens with one attached hydrogen (secondary N) is 2. The van der Waals surface area contributed by atoms with Gasteiger partial charge in [0.15, 0.2) is 0 Å². The Labute approximate surface area is 214 Å². The molecule has 5 atom stereocenters. The van der Waals surface area contributed by atoms with Gasteiger partial charge in [0, 0.05) is 37.3 Å². The molecule has 6 nitrogen and oxygen atoms in total. The molecule has 4 aliphatic rings. The quantitative estimate of drug-likeness (QED) is 0.602. The van der Waals surface area contributed by atoms with Crippen LogP contribution < -0.4 is 10.6 Å². The minimum absolute atomic E-state index is 0.0232. The molecule has 2 aromatic carbocycles. The Balaban J connectivity index is 1.25. The molecule has 190 valence electrons. The van der Waals surface area contributed by atoms with Crippen molar-refractivity contribution in [3.63, 3.8) is 0 Å². The average Bonchev–Trinajstić information content (AvgIpc) is 3.39. The average molecular weight is 487 g/mol. The van der Waals surface area contributed by atoms with Crippen molar-refractivity contribution in [3.05, 3.63) is 65.7 Å². The molecule has 1 saturated carbocycles. The van der Waals surface area contributed by atoms with E-state index in [4.69, 9.17) is 0 Å². The number of nitrogens with zero attached hydrogens (tertiary/aromatic N) is 2. The van der Waals surface area contributed by atoms with E-state index < -0.39 is 0 Å². The molecular weight excluding hydrogens is 448 g/mol. The summed E-state index contributed by atoms with van der Waals surface area (Å²) in [6, 6.07) is 19.3. The number of anilines is 1. The Morgan fingerprint density at radius 3 is 2.39 bits per heavy atom. The van der Waals surface area contributed by atoms with Crippen LogP contribution in [0.2, 0.25) is 0 Å². The number of piperidine rings is 1. The molecule has 6 heteroatoms. The van der Waals surface area contributed by atoms with Gasteiger partial charge in [-0.15, -0.1) is 0 Å². The number of amides is 3. The molecule has 2 N–H and O–H groups in total. The standard InChI is InChI=1S/C30H38N4O2/c35-29(23-14-6-8-16-26(23)32-30(36)33-18-9-2-10-19-33)34-20-17-24-27(21-11-3-1-4-12-21)31-25-15-7-5-13-22(25)28(24)34/h1,3-5,7,11-13,15,23-24,26-28,31H,2,6,8-10,14,16-20H2,(H,32,36)/t23-,24+,26+,27-,28-/m0/s1. The van der Waals surface area contributed by atoms with Crippen LogP contribution in [-0.2, 0) is 4.79 Å². The Hall–Kier alpha value is -3.02. The number of carbonyl (C=O) groups excluding carboxylic acids is 2. The first-order chi connectivity index (χ1) is 17.7. The lowest BCUT2D eigenvalue weighted by Crippen LogP contribution is -2.53. The van der Waals surface area contributed by atoms with Gasteiger partial charge in [-0.25, -0.2) is 4.79 Å². The van der Waals surface area contributed by atoms with Crippen LogP contribution in [0, 0.1) is 11.8 Å². The van der Waals surface area contributed by atoms with Crippen molar-refractivity contribution in [2.45, 2.75) is 69.5 Å². The molecule has 0 unspecified atom stereocenters. The number of urea groups is 1. The zero-order valence-corrected chi connectivity index (χ0v) is 21.1. The summed E-state index contributed by atoms with van der Waals surface area (Å²) in [7, 11) is 0. The second-order valence-electron chi connectivity index (χ2n) is 11.0. The fraction of sp³-hybridized carbons (Fsp3) is 0.533. The number of hydrogen-bond acceptors (Lipinski definition) is 3. The lowest BCUT2D eigenvalue weighted by molar-refractivity contribution is -0.138. The summed E-state index contributed by atoms with van der Waals surface area (Å²) < 4.78 is 0. The maximum atomic E-state index is 14.2. The highest BCUT2D eigenvalue weighted by atomic mass is 16.2. The minimum Gasteiger partial charge on any atom is -0.378 e. The molecule has 6 rings (SSSR count). The van der Waals surface area contributed by atoms with Gasteiger partial charge in [-0.1, -0.05) is 61.4 Å². The van der Waals surface area contributed by atoms with E-state index in [9.17, 15) is 9.59 Å². The SMILES string of the molecule is O=C(N[C@@H]1CCCC[C@@H]1C(=O)N1CC[C@@H]2[C@H](c3ccccc3)Nc3ccccc3[C@@H]21)N1CCCCC1. The fourth-order valence-electron chi connectivity index (χ4n) is 7.12. The number of likely N-dealkylation sites (tertiary alicyclic amines) is 2. The van der Waals surface area contributed by atoms with Crippen molar-refractivity contribution >= 4 is 17.6 Å². The van der Waals surface area contributed by atoms with Gasteiger partial charge in [0.25, 0.3) is 0 Å². The van der Waals surface area contributed by atoms with Crippen LogP contribution in [0.1, 0.15) is 74.6 Å². The van der Waals surface area contributed by atoms with Crippen LogP contribution in [0.4, 0.5) is 10.5 Å². The van der Waals surface area contributed by atoms with E-state index in [0.717, 1.165) is 70.3 Å². The van der Waals surface area contributed by atoms with Crippen LogP contribution >= 0.6 is 0 Å². The summed E-state index contributed by atoms with van der Waals surface area (Å²) in [5, 5.41) is 7.09. The molecular formula is C30H38N4O2. The summed E-state index contributed by atoms with van der Waals surface area (Å²) in [5.41, 5.74) is 3.64. The number of para-hydroxylation sites is 1. The predicted octanol–water partition coefficient (Wildman–Crippen LogP) is 5.50. The summed E-state index contributed by atoms with van der Waals surface area (Å²) in [6.45, 7) is 2.44. The molecule has 3 aliphatic heterocycles. The zero-order chi connectivity index (χ0) is 24.5. The molecule has 0 radical (unpaired) electrons. The first-order valence-corrected chi connectivity index (χ1v) is 14.0. The van der Waals surface area contributed by atoms with Gasteiger partial charge in [0.1, 0.15) is 0 Å². The minimum atomic E-state index is -0.136. The van der Waals surface area contributed by atoms with Gasteiger partial charge < -0.3 is 20.4 Å². The molecule has 0 bridgehead atoms. The van der Waals surface area contributed by atoms with E-state index in [1.807, 2.05) is 4.90 Å². The lowest BCUT2D eigenvalue weighted by atomic mass is 9.79. The van der Waals surface area contributed by atoms with Crippen LogP contribution in [0.5, 0.6) is 0 Å². The number of carbonyl (C=O) groups is 2.